The number of hydrogen-bond acceptors (Lipinski definition) is 3. The fourth-order valence-corrected chi connectivity index (χ4v) is 0.916. The summed E-state index contributed by atoms with van der Waals surface area (Å²) in [5.74, 6) is 0. The normalized spacial score (nSPS) is 31.7. The number of nitrogens with one attached hydrogen (secondary N) is 1. The minimum Gasteiger partial charge on any atom is -0.311 e. The van der Waals surface area contributed by atoms with Crippen molar-refractivity contribution < 1.29 is 0 Å². The molecule has 0 bridgehead atoms. The third kappa shape index (κ3) is 2.08. The van der Waals surface area contributed by atoms with Gasteiger partial charge in [-0.25, -0.2) is 0 Å². The highest BCUT2D eigenvalue weighted by atomic mass is 15.1. The van der Waals surface area contributed by atoms with Crippen molar-refractivity contribution in [3.8, 4) is 0 Å². The van der Waals surface area contributed by atoms with Crippen LogP contribution in [0.1, 0.15) is 13.8 Å². The van der Waals surface area contributed by atoms with Crippen molar-refractivity contribution in [2.24, 2.45) is 16.1 Å². The fraction of sp³-hybridized carbons (Fsp3) is 0.857. The van der Waals surface area contributed by atoms with Crippen LogP contribution in [-0.2, 0) is 0 Å². The zero-order chi connectivity index (χ0) is 7.61. The van der Waals surface area contributed by atoms with Crippen molar-refractivity contribution in [3.05, 3.63) is 0 Å². The van der Waals surface area contributed by atoms with Crippen molar-refractivity contribution in [1.82, 2.24) is 5.32 Å². The van der Waals surface area contributed by atoms with Gasteiger partial charge in [-0.1, -0.05) is 13.8 Å². The molecule has 0 saturated heterocycles. The largest absolute Gasteiger partial charge is 0.311 e. The third-order valence-electron chi connectivity index (χ3n) is 1.60. The van der Waals surface area contributed by atoms with Crippen molar-refractivity contribution >= 4 is 6.21 Å². The van der Waals surface area contributed by atoms with Crippen LogP contribution >= 0.6 is 0 Å². The molecule has 0 saturated carbocycles. The predicted molar refractivity (Wildman–Crippen MR) is 43.1 cm³/mol. The smallest absolute Gasteiger partial charge is 0.0910 e. The molecule has 1 heterocycles. The van der Waals surface area contributed by atoms with Gasteiger partial charge in [0.25, 0.3) is 0 Å². The van der Waals surface area contributed by atoms with Gasteiger partial charge in [-0.05, 0) is 5.41 Å². The van der Waals surface area contributed by atoms with Gasteiger partial charge in [0.15, 0.2) is 0 Å². The zero-order valence-electron chi connectivity index (χ0n) is 6.59. The van der Waals surface area contributed by atoms with Crippen LogP contribution in [-0.4, -0.2) is 25.5 Å². The van der Waals surface area contributed by atoms with Crippen LogP contribution in [0.15, 0.2) is 4.99 Å². The van der Waals surface area contributed by atoms with Crippen LogP contribution in [0.25, 0.3) is 0 Å². The van der Waals surface area contributed by atoms with E-state index in [0.29, 0.717) is 0 Å². The number of nitrogens with two attached hydrogens (primary N) is 1. The van der Waals surface area contributed by atoms with E-state index in [1.54, 1.807) is 6.21 Å². The van der Waals surface area contributed by atoms with E-state index < -0.39 is 0 Å². The fourth-order valence-electron chi connectivity index (χ4n) is 0.916. The molecule has 1 aliphatic heterocycles. The van der Waals surface area contributed by atoms with Gasteiger partial charge < -0.3 is 5.73 Å². The Morgan fingerprint density at radius 2 is 2.40 bits per heavy atom. The lowest BCUT2D eigenvalue weighted by atomic mass is 9.94. The molecule has 0 aromatic carbocycles. The summed E-state index contributed by atoms with van der Waals surface area (Å²) in [5, 5.41) is 3.16. The van der Waals surface area contributed by atoms with Crippen molar-refractivity contribution in [3.63, 3.8) is 0 Å². The molecule has 58 valence electrons. The third-order valence-corrected chi connectivity index (χ3v) is 1.60. The summed E-state index contributed by atoms with van der Waals surface area (Å²) in [6.45, 7) is 6.16. The molecule has 3 N–H and O–H groups in total. The Kier molecular flexibility index (Phi) is 2.06. The minimum atomic E-state index is -0.0539. The summed E-state index contributed by atoms with van der Waals surface area (Å²) in [6, 6.07) is 0. The number of nitrogens with zero attached hydrogens (tertiary/aromatic N) is 1. The molecule has 0 aliphatic carbocycles. The van der Waals surface area contributed by atoms with Gasteiger partial charge in [-0.2, -0.15) is 0 Å². The molecule has 3 nitrogen and oxygen atoms in total. The topological polar surface area (TPSA) is 50.4 Å². The molecule has 0 aromatic heterocycles. The van der Waals surface area contributed by atoms with E-state index in [1.807, 2.05) is 0 Å². The van der Waals surface area contributed by atoms with E-state index in [9.17, 15) is 0 Å². The molecule has 1 rings (SSSR count). The van der Waals surface area contributed by atoms with Gasteiger partial charge >= 0.3 is 0 Å². The summed E-state index contributed by atoms with van der Waals surface area (Å²) in [5.41, 5.74) is 5.85. The SMILES string of the molecule is CC1(C)CN=CC(N)NC1. The molecule has 3 heteroatoms. The number of aliphatic imine (C=N–C) groups is 1. The van der Waals surface area contributed by atoms with Gasteiger partial charge in [0, 0.05) is 19.3 Å². The standard InChI is InChI=1S/C7H15N3/c1-7(2)4-9-3-6(8)10-5-7/h3,6,10H,4-5,8H2,1-2H3. The highest BCUT2D eigenvalue weighted by Crippen LogP contribution is 2.14. The lowest BCUT2D eigenvalue weighted by Crippen LogP contribution is -2.41. The van der Waals surface area contributed by atoms with E-state index >= 15 is 0 Å². The Balaban J connectivity index is 2.53. The molecule has 1 unspecified atom stereocenters. The predicted octanol–water partition coefficient (Wildman–Crippen LogP) is -0.0286. The summed E-state index contributed by atoms with van der Waals surface area (Å²) in [6.07, 6.45) is 1.72. The maximum Gasteiger partial charge on any atom is 0.0910 e. The Morgan fingerprint density at radius 3 is 3.10 bits per heavy atom. The van der Waals surface area contributed by atoms with Crippen LogP contribution < -0.4 is 11.1 Å². The second-order valence-electron chi connectivity index (χ2n) is 3.56. The highest BCUT2D eigenvalue weighted by Gasteiger charge is 2.19. The van der Waals surface area contributed by atoms with Crippen molar-refractivity contribution in [2.75, 3.05) is 13.1 Å². The number of rotatable bonds is 0. The minimum absolute atomic E-state index is 0.0539. The first-order valence-electron chi connectivity index (χ1n) is 3.59. The van der Waals surface area contributed by atoms with Crippen LogP contribution in [0, 0.1) is 5.41 Å². The maximum absolute atomic E-state index is 5.60. The molecule has 0 radical (unpaired) electrons. The first-order chi connectivity index (χ1) is 4.60. The van der Waals surface area contributed by atoms with Crippen molar-refractivity contribution in [2.45, 2.75) is 20.0 Å². The molecular formula is C7H15N3. The number of hydrogen-bond donors (Lipinski definition) is 2. The molecule has 0 spiro atoms. The quantitative estimate of drug-likeness (QED) is 0.498. The molecule has 0 fully saturated rings. The highest BCUT2D eigenvalue weighted by molar-refractivity contribution is 5.63. The molecule has 1 atom stereocenters. The van der Waals surface area contributed by atoms with Gasteiger partial charge in [-0.3, -0.25) is 10.3 Å². The average Bonchev–Trinajstić information content (AvgIpc) is 1.94. The van der Waals surface area contributed by atoms with E-state index in [4.69, 9.17) is 5.73 Å². The molecule has 1 aliphatic rings. The van der Waals surface area contributed by atoms with Gasteiger partial charge in [0.05, 0.1) is 6.17 Å². The first kappa shape index (κ1) is 7.69. The summed E-state index contributed by atoms with van der Waals surface area (Å²) >= 11 is 0. The lowest BCUT2D eigenvalue weighted by Gasteiger charge is -2.20. The monoisotopic (exact) mass is 141 g/mol. The van der Waals surface area contributed by atoms with E-state index in [0.717, 1.165) is 13.1 Å². The molecular weight excluding hydrogens is 126 g/mol. The lowest BCUT2D eigenvalue weighted by molar-refractivity contribution is 0.358. The Morgan fingerprint density at radius 1 is 1.70 bits per heavy atom. The van der Waals surface area contributed by atoms with Crippen LogP contribution in [0.4, 0.5) is 0 Å². The zero-order valence-corrected chi connectivity index (χ0v) is 6.59. The van der Waals surface area contributed by atoms with Gasteiger partial charge in [-0.15, -0.1) is 0 Å². The second kappa shape index (κ2) is 2.68. The molecule has 0 aromatic rings. The van der Waals surface area contributed by atoms with Crippen LogP contribution in [0.2, 0.25) is 0 Å². The summed E-state index contributed by atoms with van der Waals surface area (Å²) in [4.78, 5) is 4.19. The van der Waals surface area contributed by atoms with Gasteiger partial charge in [0.2, 0.25) is 0 Å². The molecule has 10 heavy (non-hydrogen) atoms. The first-order valence-corrected chi connectivity index (χ1v) is 3.59. The maximum atomic E-state index is 5.60. The molecule has 0 amide bonds. The van der Waals surface area contributed by atoms with Crippen molar-refractivity contribution in [1.29, 1.82) is 0 Å². The van der Waals surface area contributed by atoms with Crippen LogP contribution in [0.5, 0.6) is 0 Å². The van der Waals surface area contributed by atoms with Crippen LogP contribution in [0.3, 0.4) is 0 Å². The van der Waals surface area contributed by atoms with E-state index in [2.05, 4.69) is 24.2 Å². The Bertz CT molecular complexity index is 140. The Labute approximate surface area is 61.7 Å². The van der Waals surface area contributed by atoms with E-state index in [1.165, 1.54) is 0 Å². The van der Waals surface area contributed by atoms with E-state index in [-0.39, 0.29) is 11.6 Å². The Hall–Kier alpha value is -0.410. The average molecular weight is 141 g/mol. The summed E-state index contributed by atoms with van der Waals surface area (Å²) < 4.78 is 0. The van der Waals surface area contributed by atoms with Gasteiger partial charge in [0.1, 0.15) is 0 Å². The summed E-state index contributed by atoms with van der Waals surface area (Å²) in [7, 11) is 0. The second-order valence-corrected chi connectivity index (χ2v) is 3.56.